The maximum atomic E-state index is 11.7. The van der Waals surface area contributed by atoms with Gasteiger partial charge in [0.05, 0.1) is 13.2 Å². The predicted octanol–water partition coefficient (Wildman–Crippen LogP) is 1.60. The van der Waals surface area contributed by atoms with Gasteiger partial charge in [0.2, 0.25) is 5.91 Å². The van der Waals surface area contributed by atoms with Crippen LogP contribution in [-0.4, -0.2) is 44.4 Å². The Morgan fingerprint density at radius 2 is 1.89 bits per heavy atom. The molecular formula is C12H21F3N2O2. The number of alkyl halides is 3. The van der Waals surface area contributed by atoms with E-state index in [1.54, 1.807) is 0 Å². The Labute approximate surface area is 111 Å². The van der Waals surface area contributed by atoms with Crippen molar-refractivity contribution in [2.45, 2.75) is 44.3 Å². The molecule has 4 nitrogen and oxygen atoms in total. The zero-order valence-corrected chi connectivity index (χ0v) is 10.9. The van der Waals surface area contributed by atoms with Gasteiger partial charge in [-0.05, 0) is 12.8 Å². The molecule has 1 saturated carbocycles. The molecule has 1 amide bonds. The summed E-state index contributed by atoms with van der Waals surface area (Å²) in [5, 5.41) is 5.67. The van der Waals surface area contributed by atoms with E-state index in [9.17, 15) is 18.0 Å². The number of carbonyl (C=O) groups excluding carboxylic acids is 1. The van der Waals surface area contributed by atoms with Gasteiger partial charge in [-0.2, -0.15) is 13.2 Å². The summed E-state index contributed by atoms with van der Waals surface area (Å²) in [6.45, 7) is -0.959. The average Bonchev–Trinajstić information content (AvgIpc) is 2.33. The molecule has 1 aliphatic carbocycles. The third-order valence-corrected chi connectivity index (χ3v) is 2.94. The van der Waals surface area contributed by atoms with Gasteiger partial charge in [0.1, 0.15) is 6.61 Å². The van der Waals surface area contributed by atoms with E-state index in [1.165, 1.54) is 6.42 Å². The van der Waals surface area contributed by atoms with Crippen molar-refractivity contribution >= 4 is 5.91 Å². The van der Waals surface area contributed by atoms with Crippen molar-refractivity contribution in [3.8, 4) is 0 Å². The molecule has 0 aromatic rings. The number of halogens is 3. The van der Waals surface area contributed by atoms with Crippen molar-refractivity contribution in [3.63, 3.8) is 0 Å². The lowest BCUT2D eigenvalue weighted by atomic mass is 9.95. The summed E-state index contributed by atoms with van der Waals surface area (Å²) in [6, 6.07) is 0.254. The molecule has 0 aliphatic heterocycles. The zero-order chi connectivity index (χ0) is 14.1. The standard InChI is InChI=1S/C12H21F3N2O2/c13-12(14,15)9-19-7-6-16-8-11(18)17-10-4-2-1-3-5-10/h10,16H,1-9H2,(H,17,18). The molecule has 19 heavy (non-hydrogen) atoms. The van der Waals surface area contributed by atoms with Crippen LogP contribution in [0.25, 0.3) is 0 Å². The second kappa shape index (κ2) is 8.37. The highest BCUT2D eigenvalue weighted by molar-refractivity contribution is 5.78. The van der Waals surface area contributed by atoms with E-state index < -0.39 is 12.8 Å². The van der Waals surface area contributed by atoms with E-state index >= 15 is 0 Å². The molecule has 1 fully saturated rings. The van der Waals surface area contributed by atoms with Crippen LogP contribution in [-0.2, 0) is 9.53 Å². The summed E-state index contributed by atoms with van der Waals surface area (Å²) in [5.41, 5.74) is 0. The van der Waals surface area contributed by atoms with Crippen LogP contribution in [0.4, 0.5) is 13.2 Å². The molecule has 0 unspecified atom stereocenters. The van der Waals surface area contributed by atoms with E-state index in [1.807, 2.05) is 0 Å². The van der Waals surface area contributed by atoms with Gasteiger partial charge in [-0.3, -0.25) is 4.79 Å². The van der Waals surface area contributed by atoms with Gasteiger partial charge >= 0.3 is 6.18 Å². The van der Waals surface area contributed by atoms with Crippen LogP contribution in [0.5, 0.6) is 0 Å². The molecule has 0 spiro atoms. The second-order valence-electron chi connectivity index (χ2n) is 4.75. The van der Waals surface area contributed by atoms with Gasteiger partial charge in [0.25, 0.3) is 0 Å². The Morgan fingerprint density at radius 3 is 2.53 bits per heavy atom. The first-order chi connectivity index (χ1) is 8.97. The van der Waals surface area contributed by atoms with E-state index in [-0.39, 0.29) is 31.6 Å². The van der Waals surface area contributed by atoms with E-state index in [4.69, 9.17) is 0 Å². The Morgan fingerprint density at radius 1 is 1.21 bits per heavy atom. The van der Waals surface area contributed by atoms with Crippen molar-refractivity contribution in [1.29, 1.82) is 0 Å². The lowest BCUT2D eigenvalue weighted by Crippen LogP contribution is -2.41. The quantitative estimate of drug-likeness (QED) is 0.697. The highest BCUT2D eigenvalue weighted by Gasteiger charge is 2.27. The van der Waals surface area contributed by atoms with Crippen molar-refractivity contribution in [2.75, 3.05) is 26.3 Å². The summed E-state index contributed by atoms with van der Waals surface area (Å²) in [4.78, 5) is 11.5. The third kappa shape index (κ3) is 8.83. The minimum Gasteiger partial charge on any atom is -0.371 e. The van der Waals surface area contributed by atoms with Crippen LogP contribution >= 0.6 is 0 Å². The molecule has 0 aromatic heterocycles. The molecule has 0 heterocycles. The van der Waals surface area contributed by atoms with Crippen molar-refractivity contribution in [3.05, 3.63) is 0 Å². The van der Waals surface area contributed by atoms with Gasteiger partial charge in [-0.25, -0.2) is 0 Å². The van der Waals surface area contributed by atoms with Crippen LogP contribution in [0.3, 0.4) is 0 Å². The van der Waals surface area contributed by atoms with Crippen molar-refractivity contribution in [1.82, 2.24) is 10.6 Å². The fraction of sp³-hybridized carbons (Fsp3) is 0.917. The largest absolute Gasteiger partial charge is 0.411 e. The molecular weight excluding hydrogens is 261 g/mol. The fourth-order valence-electron chi connectivity index (χ4n) is 2.06. The van der Waals surface area contributed by atoms with E-state index in [0.717, 1.165) is 25.7 Å². The molecule has 0 saturated heterocycles. The summed E-state index contributed by atoms with van der Waals surface area (Å²) < 4.78 is 39.6. The summed E-state index contributed by atoms with van der Waals surface area (Å²) in [6.07, 6.45) is 1.24. The first-order valence-corrected chi connectivity index (χ1v) is 6.62. The monoisotopic (exact) mass is 282 g/mol. The zero-order valence-electron chi connectivity index (χ0n) is 10.9. The summed E-state index contributed by atoms with van der Waals surface area (Å²) >= 11 is 0. The van der Waals surface area contributed by atoms with Crippen molar-refractivity contribution < 1.29 is 22.7 Å². The SMILES string of the molecule is O=C(CNCCOCC(F)(F)F)NC1CCCCC1. The van der Waals surface area contributed by atoms with Crippen LogP contribution < -0.4 is 10.6 Å². The molecule has 0 atom stereocenters. The number of hydrogen-bond acceptors (Lipinski definition) is 3. The van der Waals surface area contributed by atoms with E-state index in [0.29, 0.717) is 0 Å². The van der Waals surface area contributed by atoms with Gasteiger partial charge < -0.3 is 15.4 Å². The Hall–Kier alpha value is -0.820. The second-order valence-corrected chi connectivity index (χ2v) is 4.75. The lowest BCUT2D eigenvalue weighted by Gasteiger charge is -2.22. The van der Waals surface area contributed by atoms with Crippen molar-refractivity contribution in [2.24, 2.45) is 0 Å². The Balaban J connectivity index is 1.95. The molecule has 0 bridgehead atoms. The van der Waals surface area contributed by atoms with Crippen LogP contribution in [0.15, 0.2) is 0 Å². The molecule has 0 radical (unpaired) electrons. The highest BCUT2D eigenvalue weighted by atomic mass is 19.4. The predicted molar refractivity (Wildman–Crippen MR) is 64.8 cm³/mol. The lowest BCUT2D eigenvalue weighted by molar-refractivity contribution is -0.173. The minimum absolute atomic E-state index is 0.0593. The Kier molecular flexibility index (Phi) is 7.15. The van der Waals surface area contributed by atoms with Gasteiger partial charge in [0, 0.05) is 12.6 Å². The number of nitrogens with one attached hydrogen (secondary N) is 2. The van der Waals surface area contributed by atoms with Gasteiger partial charge in [-0.15, -0.1) is 0 Å². The maximum absolute atomic E-state index is 11.7. The van der Waals surface area contributed by atoms with E-state index in [2.05, 4.69) is 15.4 Å². The summed E-state index contributed by atoms with van der Waals surface area (Å²) in [7, 11) is 0. The van der Waals surface area contributed by atoms with Crippen LogP contribution in [0, 0.1) is 0 Å². The smallest absolute Gasteiger partial charge is 0.371 e. The fourth-order valence-corrected chi connectivity index (χ4v) is 2.06. The Bertz CT molecular complexity index is 266. The number of hydrogen-bond donors (Lipinski definition) is 2. The molecule has 2 N–H and O–H groups in total. The molecule has 1 aliphatic rings. The molecule has 0 aromatic carbocycles. The maximum Gasteiger partial charge on any atom is 0.411 e. The highest BCUT2D eigenvalue weighted by Crippen LogP contribution is 2.17. The van der Waals surface area contributed by atoms with Crippen LogP contribution in [0.2, 0.25) is 0 Å². The first kappa shape index (κ1) is 16.2. The average molecular weight is 282 g/mol. The first-order valence-electron chi connectivity index (χ1n) is 6.62. The molecule has 112 valence electrons. The molecule has 7 heteroatoms. The number of carbonyl (C=O) groups is 1. The minimum atomic E-state index is -4.29. The van der Waals surface area contributed by atoms with Crippen LogP contribution in [0.1, 0.15) is 32.1 Å². The third-order valence-electron chi connectivity index (χ3n) is 2.94. The van der Waals surface area contributed by atoms with Gasteiger partial charge in [-0.1, -0.05) is 19.3 Å². The molecule has 1 rings (SSSR count). The summed E-state index contributed by atoms with van der Waals surface area (Å²) in [5.74, 6) is -0.109. The van der Waals surface area contributed by atoms with Gasteiger partial charge in [0.15, 0.2) is 0 Å². The number of rotatable bonds is 7. The number of ether oxygens (including phenoxy) is 1. The topological polar surface area (TPSA) is 50.4 Å². The normalized spacial score (nSPS) is 17.4. The number of amides is 1.